The summed E-state index contributed by atoms with van der Waals surface area (Å²) in [5.74, 6) is 0.841. The van der Waals surface area contributed by atoms with Crippen LogP contribution in [0.3, 0.4) is 0 Å². The number of benzene rings is 1. The van der Waals surface area contributed by atoms with Crippen molar-refractivity contribution in [2.24, 2.45) is 0 Å². The predicted octanol–water partition coefficient (Wildman–Crippen LogP) is 1.92. The number of hydrogen-bond donors (Lipinski definition) is 0. The van der Waals surface area contributed by atoms with Gasteiger partial charge in [0.15, 0.2) is 5.11 Å². The van der Waals surface area contributed by atoms with Gasteiger partial charge in [-0.1, -0.05) is 30.3 Å². The van der Waals surface area contributed by atoms with Crippen LogP contribution in [0.5, 0.6) is 0 Å². The second-order valence-corrected chi connectivity index (χ2v) is 5.19. The molecule has 102 valence electrons. The maximum absolute atomic E-state index is 12.2. The Morgan fingerprint density at radius 1 is 1.25 bits per heavy atom. The van der Waals surface area contributed by atoms with Gasteiger partial charge in [-0.25, -0.2) is 0 Å². The Hall–Kier alpha value is -2.14. The molecule has 0 fully saturated rings. The molecule has 2 aliphatic rings. The fourth-order valence-corrected chi connectivity index (χ4v) is 2.55. The average molecular weight is 285 g/mol. The highest BCUT2D eigenvalue weighted by molar-refractivity contribution is 7.80. The van der Waals surface area contributed by atoms with Crippen molar-refractivity contribution in [2.45, 2.75) is 6.54 Å². The Labute approximate surface area is 123 Å². The number of nitrogens with zero attached hydrogens (tertiary/aromatic N) is 3. The number of amides is 1. The SMILES string of the molecule is CN1CC=C2N(C=CC(=O)N2Cc2ccccc2)C1=S. The Kier molecular flexibility index (Phi) is 3.28. The maximum atomic E-state index is 12.2. The lowest BCUT2D eigenvalue weighted by molar-refractivity contribution is -0.126. The molecule has 0 atom stereocenters. The van der Waals surface area contributed by atoms with Crippen LogP contribution in [0.15, 0.2) is 54.5 Å². The molecule has 20 heavy (non-hydrogen) atoms. The lowest BCUT2D eigenvalue weighted by Gasteiger charge is -2.40. The highest BCUT2D eigenvalue weighted by Gasteiger charge is 2.30. The number of rotatable bonds is 2. The van der Waals surface area contributed by atoms with Crippen LogP contribution in [0.25, 0.3) is 0 Å². The van der Waals surface area contributed by atoms with Crippen molar-refractivity contribution in [3.05, 3.63) is 60.1 Å². The predicted molar refractivity (Wildman–Crippen MR) is 81.3 cm³/mol. The number of likely N-dealkylation sites (N-methyl/N-ethyl adjacent to an activating group) is 1. The van der Waals surface area contributed by atoms with Gasteiger partial charge < -0.3 is 4.90 Å². The summed E-state index contributed by atoms with van der Waals surface area (Å²) < 4.78 is 0. The zero-order valence-electron chi connectivity index (χ0n) is 11.2. The third-order valence-electron chi connectivity index (χ3n) is 3.42. The zero-order valence-corrected chi connectivity index (χ0v) is 12.0. The fraction of sp³-hybridized carbons (Fsp3) is 0.200. The van der Waals surface area contributed by atoms with Gasteiger partial charge in [-0.2, -0.15) is 0 Å². The largest absolute Gasteiger partial charge is 0.348 e. The summed E-state index contributed by atoms with van der Waals surface area (Å²) >= 11 is 5.40. The van der Waals surface area contributed by atoms with E-state index in [9.17, 15) is 4.79 Å². The van der Waals surface area contributed by atoms with E-state index in [1.165, 1.54) is 0 Å². The molecule has 0 bridgehead atoms. The normalized spacial score (nSPS) is 18.2. The summed E-state index contributed by atoms with van der Waals surface area (Å²) in [6, 6.07) is 9.96. The molecule has 0 radical (unpaired) electrons. The van der Waals surface area contributed by atoms with Crippen molar-refractivity contribution >= 4 is 23.2 Å². The molecule has 4 nitrogen and oxygen atoms in total. The monoisotopic (exact) mass is 285 g/mol. The first-order valence-corrected chi connectivity index (χ1v) is 6.86. The second-order valence-electron chi connectivity index (χ2n) is 4.82. The van der Waals surface area contributed by atoms with Gasteiger partial charge in [-0.15, -0.1) is 0 Å². The van der Waals surface area contributed by atoms with Crippen molar-refractivity contribution in [2.75, 3.05) is 13.6 Å². The molecule has 1 aromatic carbocycles. The minimum Gasteiger partial charge on any atom is -0.348 e. The Bertz CT molecular complexity index is 609. The summed E-state index contributed by atoms with van der Waals surface area (Å²) in [5, 5.41) is 0.712. The van der Waals surface area contributed by atoms with Crippen molar-refractivity contribution in [1.82, 2.24) is 14.7 Å². The molecule has 0 saturated carbocycles. The molecule has 0 aliphatic carbocycles. The third kappa shape index (κ3) is 2.20. The highest BCUT2D eigenvalue weighted by Crippen LogP contribution is 2.24. The molecule has 2 heterocycles. The van der Waals surface area contributed by atoms with E-state index in [2.05, 4.69) is 0 Å². The summed E-state index contributed by atoms with van der Waals surface area (Å²) in [6.45, 7) is 1.27. The molecular formula is C15H15N3OS. The van der Waals surface area contributed by atoms with Gasteiger partial charge >= 0.3 is 0 Å². The molecule has 5 heteroatoms. The molecular weight excluding hydrogens is 270 g/mol. The molecule has 0 saturated heterocycles. The Morgan fingerprint density at radius 3 is 2.75 bits per heavy atom. The molecule has 0 spiro atoms. The Balaban J connectivity index is 1.92. The molecule has 0 unspecified atom stereocenters. The van der Waals surface area contributed by atoms with Crippen LogP contribution >= 0.6 is 12.2 Å². The fourth-order valence-electron chi connectivity index (χ4n) is 2.32. The van der Waals surface area contributed by atoms with Crippen LogP contribution in [0.1, 0.15) is 5.56 Å². The van der Waals surface area contributed by atoms with Crippen LogP contribution in [0, 0.1) is 0 Å². The first-order chi connectivity index (χ1) is 9.66. The number of carbonyl (C=O) groups excluding carboxylic acids is 1. The van der Waals surface area contributed by atoms with Crippen LogP contribution in [0.2, 0.25) is 0 Å². The van der Waals surface area contributed by atoms with Crippen molar-refractivity contribution < 1.29 is 4.79 Å². The second kappa shape index (κ2) is 5.09. The van der Waals surface area contributed by atoms with Gasteiger partial charge in [0.25, 0.3) is 5.91 Å². The molecule has 0 aromatic heterocycles. The van der Waals surface area contributed by atoms with E-state index in [4.69, 9.17) is 12.2 Å². The summed E-state index contributed by atoms with van der Waals surface area (Å²) in [4.78, 5) is 17.8. The van der Waals surface area contributed by atoms with E-state index >= 15 is 0 Å². The minimum atomic E-state index is -0.0105. The Morgan fingerprint density at radius 2 is 2.00 bits per heavy atom. The van der Waals surface area contributed by atoms with Gasteiger partial charge in [0.05, 0.1) is 6.54 Å². The van der Waals surface area contributed by atoms with Gasteiger partial charge in [-0.3, -0.25) is 14.6 Å². The first kappa shape index (κ1) is 12.9. The van der Waals surface area contributed by atoms with Crippen LogP contribution in [0.4, 0.5) is 0 Å². The van der Waals surface area contributed by atoms with Gasteiger partial charge in [-0.05, 0) is 23.9 Å². The topological polar surface area (TPSA) is 26.8 Å². The first-order valence-electron chi connectivity index (χ1n) is 6.45. The quantitative estimate of drug-likeness (QED) is 0.776. The van der Waals surface area contributed by atoms with E-state index in [1.807, 2.05) is 53.3 Å². The molecule has 2 aliphatic heterocycles. The number of fused-ring (bicyclic) bond motifs is 1. The summed E-state index contributed by atoms with van der Waals surface area (Å²) in [7, 11) is 1.95. The van der Waals surface area contributed by atoms with E-state index in [-0.39, 0.29) is 5.91 Å². The van der Waals surface area contributed by atoms with E-state index in [0.29, 0.717) is 11.7 Å². The lowest BCUT2D eigenvalue weighted by atomic mass is 10.2. The minimum absolute atomic E-state index is 0.0105. The number of hydrogen-bond acceptors (Lipinski definition) is 2. The zero-order chi connectivity index (χ0) is 14.1. The van der Waals surface area contributed by atoms with Gasteiger partial charge in [0.2, 0.25) is 0 Å². The molecule has 1 amide bonds. The van der Waals surface area contributed by atoms with Gasteiger partial charge in [0, 0.05) is 25.9 Å². The molecule has 0 N–H and O–H groups in total. The summed E-state index contributed by atoms with van der Waals surface area (Å²) in [5.41, 5.74) is 1.10. The molecule has 1 aromatic rings. The number of thiocarbonyl (C=S) groups is 1. The van der Waals surface area contributed by atoms with Crippen molar-refractivity contribution in [3.63, 3.8) is 0 Å². The third-order valence-corrected chi connectivity index (χ3v) is 3.93. The smallest absolute Gasteiger partial charge is 0.253 e. The number of carbonyl (C=O) groups is 1. The van der Waals surface area contributed by atoms with Crippen LogP contribution in [-0.4, -0.2) is 39.3 Å². The van der Waals surface area contributed by atoms with Gasteiger partial charge in [0.1, 0.15) is 5.82 Å². The summed E-state index contributed by atoms with van der Waals surface area (Å²) in [6.07, 6.45) is 5.33. The van der Waals surface area contributed by atoms with E-state index in [1.54, 1.807) is 17.2 Å². The van der Waals surface area contributed by atoms with Crippen molar-refractivity contribution in [3.8, 4) is 0 Å². The average Bonchev–Trinajstić information content (AvgIpc) is 2.47. The molecule has 3 rings (SSSR count). The van der Waals surface area contributed by atoms with Crippen LogP contribution < -0.4 is 0 Å². The maximum Gasteiger partial charge on any atom is 0.253 e. The van der Waals surface area contributed by atoms with Crippen LogP contribution in [-0.2, 0) is 11.3 Å². The standard InChI is InChI=1S/C15H15N3OS/c1-16-9-7-13-17(15(16)20)10-8-14(19)18(13)11-12-5-3-2-4-6-12/h2-8,10H,9,11H2,1H3. The lowest BCUT2D eigenvalue weighted by Crippen LogP contribution is -2.49. The van der Waals surface area contributed by atoms with Crippen molar-refractivity contribution in [1.29, 1.82) is 0 Å². The van der Waals surface area contributed by atoms with E-state index < -0.39 is 0 Å². The highest BCUT2D eigenvalue weighted by atomic mass is 32.1. The van der Waals surface area contributed by atoms with E-state index in [0.717, 1.165) is 17.9 Å².